The lowest BCUT2D eigenvalue weighted by atomic mass is 9.84. The fourth-order valence-corrected chi connectivity index (χ4v) is 5.22. The zero-order chi connectivity index (χ0) is 23.0. The number of hydrogen-bond acceptors (Lipinski definition) is 5. The highest BCUT2D eigenvalue weighted by atomic mass is 32.2. The summed E-state index contributed by atoms with van der Waals surface area (Å²) in [5.41, 5.74) is 3.76. The third-order valence-corrected chi connectivity index (χ3v) is 7.59. The van der Waals surface area contributed by atoms with Crippen molar-refractivity contribution >= 4 is 21.2 Å². The normalized spacial score (nSPS) is 14.6. The summed E-state index contributed by atoms with van der Waals surface area (Å²) in [7, 11) is -1.60. The first kappa shape index (κ1) is 21.7. The van der Waals surface area contributed by atoms with Crippen molar-refractivity contribution in [2.75, 3.05) is 5.75 Å². The van der Waals surface area contributed by atoms with Gasteiger partial charge < -0.3 is 4.98 Å². The molecule has 1 aliphatic carbocycles. The van der Waals surface area contributed by atoms with E-state index in [-0.39, 0.29) is 12.3 Å². The molecule has 2 N–H and O–H groups in total. The Kier molecular flexibility index (Phi) is 5.71. The second-order valence-electron chi connectivity index (χ2n) is 8.58. The number of fused-ring (bicyclic) bond motifs is 1. The van der Waals surface area contributed by atoms with Gasteiger partial charge in [-0.1, -0.05) is 31.4 Å². The minimum absolute atomic E-state index is 0.0694. The number of aromatic nitrogens is 5. The Balaban J connectivity index is 1.35. The molecule has 0 spiro atoms. The number of imidazole rings is 1. The number of benzene rings is 1. The van der Waals surface area contributed by atoms with Crippen LogP contribution in [0.5, 0.6) is 0 Å². The summed E-state index contributed by atoms with van der Waals surface area (Å²) in [4.78, 5) is 12.1. The average Bonchev–Trinajstić information content (AvgIpc) is 3.37. The van der Waals surface area contributed by atoms with Crippen molar-refractivity contribution in [1.29, 1.82) is 0 Å². The zero-order valence-corrected chi connectivity index (χ0v) is 19.1. The molecule has 0 aliphatic heterocycles. The van der Waals surface area contributed by atoms with Gasteiger partial charge in [0.15, 0.2) is 5.65 Å². The standard InChI is InChI=1S/C23H25FN6O2S/c1-30-14-18(12-26-30)22-28-21-19(7-9-25-23(21)29-22)16-5-6-17(20(24)11-16)13-27-33(31,32)10-8-15-3-2-4-15/h5-7,9,11-12,14-15,27H,2-4,8,10,13H2,1H3,(H,25,28,29). The van der Waals surface area contributed by atoms with E-state index >= 15 is 0 Å². The van der Waals surface area contributed by atoms with Gasteiger partial charge in [0.05, 0.1) is 23.0 Å². The van der Waals surface area contributed by atoms with Crippen molar-refractivity contribution < 1.29 is 12.8 Å². The number of aromatic amines is 1. The summed E-state index contributed by atoms with van der Waals surface area (Å²) in [6, 6.07) is 6.60. The largest absolute Gasteiger partial charge is 0.336 e. The Labute approximate surface area is 191 Å². The third-order valence-electron chi connectivity index (χ3n) is 6.24. The maximum absolute atomic E-state index is 14.9. The molecule has 1 aromatic carbocycles. The van der Waals surface area contributed by atoms with Gasteiger partial charge >= 0.3 is 0 Å². The molecule has 3 heterocycles. The fraction of sp³-hybridized carbons (Fsp3) is 0.348. The van der Waals surface area contributed by atoms with Gasteiger partial charge in [0, 0.05) is 37.1 Å². The van der Waals surface area contributed by atoms with E-state index in [1.807, 2.05) is 13.2 Å². The number of sulfonamides is 1. The van der Waals surface area contributed by atoms with Crippen LogP contribution in [-0.2, 0) is 23.6 Å². The predicted octanol–water partition coefficient (Wildman–Crippen LogP) is 3.77. The smallest absolute Gasteiger partial charge is 0.211 e. The highest BCUT2D eigenvalue weighted by Crippen LogP contribution is 2.30. The number of aryl methyl sites for hydroxylation is 1. The summed E-state index contributed by atoms with van der Waals surface area (Å²) in [5.74, 6) is 0.763. The third kappa shape index (κ3) is 4.67. The molecule has 1 saturated carbocycles. The number of pyridine rings is 1. The van der Waals surface area contributed by atoms with Gasteiger partial charge in [0.1, 0.15) is 11.6 Å². The summed E-state index contributed by atoms with van der Waals surface area (Å²) >= 11 is 0. The molecule has 33 heavy (non-hydrogen) atoms. The van der Waals surface area contributed by atoms with E-state index in [0.29, 0.717) is 40.5 Å². The Hall–Kier alpha value is -3.11. The summed E-state index contributed by atoms with van der Waals surface area (Å²) in [6.45, 7) is -0.0694. The monoisotopic (exact) mass is 468 g/mol. The van der Waals surface area contributed by atoms with Crippen molar-refractivity contribution in [3.8, 4) is 22.5 Å². The van der Waals surface area contributed by atoms with E-state index in [2.05, 4.69) is 24.8 Å². The lowest BCUT2D eigenvalue weighted by Crippen LogP contribution is -2.28. The van der Waals surface area contributed by atoms with E-state index in [1.165, 1.54) is 12.5 Å². The maximum Gasteiger partial charge on any atom is 0.211 e. The molecule has 0 amide bonds. The SMILES string of the molecule is Cn1cc(-c2nc3nccc(-c4ccc(CNS(=O)(=O)CCC5CCC5)c(F)c4)c3[nH]2)cn1. The summed E-state index contributed by atoms with van der Waals surface area (Å²) < 4.78 is 43.6. The van der Waals surface area contributed by atoms with Crippen LogP contribution < -0.4 is 4.72 Å². The summed E-state index contributed by atoms with van der Waals surface area (Å²) in [6.07, 6.45) is 9.25. The number of H-pyrrole nitrogens is 1. The molecule has 0 saturated heterocycles. The lowest BCUT2D eigenvalue weighted by Gasteiger charge is -2.24. The van der Waals surface area contributed by atoms with Crippen molar-refractivity contribution in [3.05, 3.63) is 54.2 Å². The Morgan fingerprint density at radius 2 is 2.09 bits per heavy atom. The molecule has 5 rings (SSSR count). The molecule has 10 heteroatoms. The first-order valence-corrected chi connectivity index (χ1v) is 12.6. The molecule has 0 atom stereocenters. The predicted molar refractivity (Wildman–Crippen MR) is 124 cm³/mol. The Morgan fingerprint density at radius 3 is 2.79 bits per heavy atom. The van der Waals surface area contributed by atoms with Crippen molar-refractivity contribution in [3.63, 3.8) is 0 Å². The molecule has 172 valence electrons. The number of hydrogen-bond donors (Lipinski definition) is 2. The Morgan fingerprint density at radius 1 is 1.24 bits per heavy atom. The second-order valence-corrected chi connectivity index (χ2v) is 10.5. The average molecular weight is 469 g/mol. The van der Waals surface area contributed by atoms with Gasteiger partial charge in [-0.05, 0) is 30.0 Å². The van der Waals surface area contributed by atoms with E-state index in [9.17, 15) is 12.8 Å². The van der Waals surface area contributed by atoms with E-state index in [1.54, 1.807) is 35.3 Å². The molecular formula is C23H25FN6O2S. The van der Waals surface area contributed by atoms with Gasteiger partial charge in [0.25, 0.3) is 0 Å². The van der Waals surface area contributed by atoms with Gasteiger partial charge in [-0.15, -0.1) is 0 Å². The topological polar surface area (TPSA) is 106 Å². The molecule has 3 aromatic heterocycles. The van der Waals surface area contributed by atoms with Crippen LogP contribution >= 0.6 is 0 Å². The number of nitrogens with zero attached hydrogens (tertiary/aromatic N) is 4. The highest BCUT2D eigenvalue weighted by molar-refractivity contribution is 7.89. The van der Waals surface area contributed by atoms with E-state index in [0.717, 1.165) is 24.0 Å². The van der Waals surface area contributed by atoms with Gasteiger partial charge in [0.2, 0.25) is 10.0 Å². The van der Waals surface area contributed by atoms with Crippen LogP contribution in [0.2, 0.25) is 0 Å². The molecule has 4 aromatic rings. The number of rotatable bonds is 8. The van der Waals surface area contributed by atoms with E-state index < -0.39 is 15.8 Å². The highest BCUT2D eigenvalue weighted by Gasteiger charge is 2.21. The van der Waals surface area contributed by atoms with Crippen LogP contribution in [0.15, 0.2) is 42.9 Å². The van der Waals surface area contributed by atoms with Crippen LogP contribution in [0.3, 0.4) is 0 Å². The van der Waals surface area contributed by atoms with Crippen molar-refractivity contribution in [2.24, 2.45) is 13.0 Å². The summed E-state index contributed by atoms with van der Waals surface area (Å²) in [5, 5.41) is 4.16. The van der Waals surface area contributed by atoms with Crippen LogP contribution in [0, 0.1) is 11.7 Å². The molecular weight excluding hydrogens is 443 g/mol. The van der Waals surface area contributed by atoms with Crippen LogP contribution in [0.25, 0.3) is 33.7 Å². The van der Waals surface area contributed by atoms with Gasteiger partial charge in [-0.2, -0.15) is 5.10 Å². The fourth-order valence-electron chi connectivity index (χ4n) is 4.05. The lowest BCUT2D eigenvalue weighted by molar-refractivity contribution is 0.307. The zero-order valence-electron chi connectivity index (χ0n) is 18.3. The minimum Gasteiger partial charge on any atom is -0.336 e. The van der Waals surface area contributed by atoms with Crippen LogP contribution in [0.1, 0.15) is 31.2 Å². The van der Waals surface area contributed by atoms with E-state index in [4.69, 9.17) is 0 Å². The molecule has 1 fully saturated rings. The number of halogens is 1. The quantitative estimate of drug-likeness (QED) is 0.409. The molecule has 8 nitrogen and oxygen atoms in total. The van der Waals surface area contributed by atoms with Crippen molar-refractivity contribution in [1.82, 2.24) is 29.5 Å². The Bertz CT molecular complexity index is 1410. The van der Waals surface area contributed by atoms with Crippen molar-refractivity contribution in [2.45, 2.75) is 32.2 Å². The first-order chi connectivity index (χ1) is 15.9. The molecule has 1 aliphatic rings. The second kappa shape index (κ2) is 8.68. The maximum atomic E-state index is 14.9. The molecule has 0 unspecified atom stereocenters. The van der Waals surface area contributed by atoms with Crippen LogP contribution in [0.4, 0.5) is 4.39 Å². The molecule has 0 bridgehead atoms. The first-order valence-electron chi connectivity index (χ1n) is 11.0. The van der Waals surface area contributed by atoms with Gasteiger partial charge in [-0.25, -0.2) is 27.5 Å². The van der Waals surface area contributed by atoms with Gasteiger partial charge in [-0.3, -0.25) is 4.68 Å². The molecule has 0 radical (unpaired) electrons. The number of nitrogens with one attached hydrogen (secondary N) is 2. The van der Waals surface area contributed by atoms with Crippen LogP contribution in [-0.4, -0.2) is 38.9 Å². The minimum atomic E-state index is -3.43.